The van der Waals surface area contributed by atoms with E-state index in [4.69, 9.17) is 5.11 Å². The summed E-state index contributed by atoms with van der Waals surface area (Å²) in [6, 6.07) is 1.16. The molecule has 0 atom stereocenters. The molecule has 0 aliphatic rings. The van der Waals surface area contributed by atoms with E-state index in [1.807, 2.05) is 0 Å². The smallest absolute Gasteiger partial charge is 0.330 e. The van der Waals surface area contributed by atoms with Crippen LogP contribution in [0.15, 0.2) is 23.8 Å². The van der Waals surface area contributed by atoms with Gasteiger partial charge in [-0.15, -0.1) is 0 Å². The summed E-state index contributed by atoms with van der Waals surface area (Å²) < 4.78 is 38.4. The van der Waals surface area contributed by atoms with Crippen molar-refractivity contribution in [2.75, 3.05) is 0 Å². The van der Waals surface area contributed by atoms with E-state index in [9.17, 15) is 18.0 Å². The van der Waals surface area contributed by atoms with Gasteiger partial charge in [-0.1, -0.05) is 6.08 Å². The first-order valence-electron chi connectivity index (χ1n) is 4.45. The molecule has 0 heterocycles. The molecule has 0 radical (unpaired) electrons. The molecule has 0 fully saturated rings. The molecule has 86 valence electrons. The highest BCUT2D eigenvalue weighted by atomic mass is 19.2. The van der Waals surface area contributed by atoms with Gasteiger partial charge in [0.15, 0.2) is 11.6 Å². The van der Waals surface area contributed by atoms with Crippen molar-refractivity contribution >= 4 is 5.97 Å². The Morgan fingerprint density at radius 1 is 1.25 bits per heavy atom. The summed E-state index contributed by atoms with van der Waals surface area (Å²) in [7, 11) is 0. The Bertz CT molecular complexity index is 453. The Hall–Kier alpha value is -1.78. The van der Waals surface area contributed by atoms with Crippen LogP contribution >= 0.6 is 0 Å². The maximum Gasteiger partial charge on any atom is 0.330 e. The molecule has 1 aromatic rings. The minimum atomic E-state index is -1.26. The minimum absolute atomic E-state index is 0.0177. The van der Waals surface area contributed by atoms with Gasteiger partial charge in [0.1, 0.15) is 5.82 Å². The Morgan fingerprint density at radius 2 is 1.81 bits per heavy atom. The van der Waals surface area contributed by atoms with Crippen molar-refractivity contribution in [2.45, 2.75) is 13.3 Å². The average Bonchev–Trinajstić information content (AvgIpc) is 2.20. The number of aliphatic carboxylic acids is 1. The second kappa shape index (κ2) is 4.83. The van der Waals surface area contributed by atoms with Crippen molar-refractivity contribution < 1.29 is 23.1 Å². The molecule has 0 aliphatic carbocycles. The number of benzene rings is 1. The third-order valence-corrected chi connectivity index (χ3v) is 2.05. The van der Waals surface area contributed by atoms with E-state index in [1.54, 1.807) is 0 Å². The number of halogens is 3. The SMILES string of the molecule is CC(=CCc1cc(F)c(F)cc1F)C(=O)O. The topological polar surface area (TPSA) is 37.3 Å². The summed E-state index contributed by atoms with van der Waals surface area (Å²) in [5.41, 5.74) is -0.0661. The molecule has 1 rings (SSSR count). The van der Waals surface area contributed by atoms with Crippen LogP contribution in [0.3, 0.4) is 0 Å². The molecule has 16 heavy (non-hydrogen) atoms. The highest BCUT2D eigenvalue weighted by Gasteiger charge is 2.09. The molecule has 0 unspecified atom stereocenters. The van der Waals surface area contributed by atoms with Crippen LogP contribution in [-0.2, 0) is 11.2 Å². The third-order valence-electron chi connectivity index (χ3n) is 2.05. The zero-order valence-corrected chi connectivity index (χ0v) is 8.43. The largest absolute Gasteiger partial charge is 0.478 e. The second-order valence-electron chi connectivity index (χ2n) is 3.25. The van der Waals surface area contributed by atoms with Crippen LogP contribution in [0.2, 0.25) is 0 Å². The lowest BCUT2D eigenvalue weighted by Gasteiger charge is -2.01. The van der Waals surface area contributed by atoms with E-state index >= 15 is 0 Å². The van der Waals surface area contributed by atoms with E-state index < -0.39 is 23.4 Å². The molecule has 0 amide bonds. The summed E-state index contributed by atoms with van der Waals surface area (Å²) in [5, 5.41) is 8.53. The molecule has 0 spiro atoms. The molecule has 0 bridgehead atoms. The zero-order valence-electron chi connectivity index (χ0n) is 8.43. The van der Waals surface area contributed by atoms with Crippen LogP contribution in [0, 0.1) is 17.5 Å². The zero-order chi connectivity index (χ0) is 12.3. The molecule has 5 heteroatoms. The number of carbonyl (C=O) groups is 1. The van der Waals surface area contributed by atoms with Crippen molar-refractivity contribution in [3.8, 4) is 0 Å². The van der Waals surface area contributed by atoms with Crippen molar-refractivity contribution in [3.05, 3.63) is 46.8 Å². The van der Waals surface area contributed by atoms with E-state index in [0.717, 1.165) is 6.07 Å². The number of hydrogen-bond acceptors (Lipinski definition) is 1. The average molecular weight is 230 g/mol. The van der Waals surface area contributed by atoms with Crippen LogP contribution in [0.4, 0.5) is 13.2 Å². The Labute approximate surface area is 90.0 Å². The summed E-state index contributed by atoms with van der Waals surface area (Å²) >= 11 is 0. The van der Waals surface area contributed by atoms with Crippen molar-refractivity contribution in [1.82, 2.24) is 0 Å². The second-order valence-corrected chi connectivity index (χ2v) is 3.25. The lowest BCUT2D eigenvalue weighted by atomic mass is 10.1. The number of carboxylic acid groups (broad SMARTS) is 1. The monoisotopic (exact) mass is 230 g/mol. The lowest BCUT2D eigenvalue weighted by molar-refractivity contribution is -0.132. The molecule has 0 aliphatic heterocycles. The molecular formula is C11H9F3O2. The van der Waals surface area contributed by atoms with Gasteiger partial charge < -0.3 is 5.11 Å². The summed E-state index contributed by atoms with van der Waals surface area (Å²) in [4.78, 5) is 10.4. The molecule has 2 nitrogen and oxygen atoms in total. The first-order valence-corrected chi connectivity index (χ1v) is 4.45. The van der Waals surface area contributed by atoms with Gasteiger partial charge in [-0.2, -0.15) is 0 Å². The molecule has 0 aromatic heterocycles. The lowest BCUT2D eigenvalue weighted by Crippen LogP contribution is -1.99. The number of allylic oxidation sites excluding steroid dienone is 1. The van der Waals surface area contributed by atoms with Crippen LogP contribution < -0.4 is 0 Å². The summed E-state index contributed by atoms with van der Waals surface area (Å²) in [5.74, 6) is -4.45. The number of rotatable bonds is 3. The van der Waals surface area contributed by atoms with Gasteiger partial charge in [-0.3, -0.25) is 0 Å². The third kappa shape index (κ3) is 2.85. The van der Waals surface area contributed by atoms with Crippen molar-refractivity contribution in [2.24, 2.45) is 0 Å². The van der Waals surface area contributed by atoms with E-state index in [2.05, 4.69) is 0 Å². The fraction of sp³-hybridized carbons (Fsp3) is 0.182. The first-order chi connectivity index (χ1) is 7.41. The molecule has 1 aromatic carbocycles. The van der Waals surface area contributed by atoms with Crippen LogP contribution in [0.5, 0.6) is 0 Å². The Kier molecular flexibility index (Phi) is 3.71. The summed E-state index contributed by atoms with van der Waals surface area (Å²) in [6.07, 6.45) is 1.14. The van der Waals surface area contributed by atoms with Gasteiger partial charge >= 0.3 is 5.97 Å². The van der Waals surface area contributed by atoms with E-state index in [0.29, 0.717) is 6.07 Å². The number of carboxylic acids is 1. The fourth-order valence-corrected chi connectivity index (χ4v) is 1.07. The maximum atomic E-state index is 13.1. The highest BCUT2D eigenvalue weighted by molar-refractivity contribution is 5.85. The van der Waals surface area contributed by atoms with Gasteiger partial charge in [0.2, 0.25) is 0 Å². The van der Waals surface area contributed by atoms with Gasteiger partial charge in [0.25, 0.3) is 0 Å². The predicted octanol–water partition coefficient (Wildman–Crippen LogP) is 2.68. The highest BCUT2D eigenvalue weighted by Crippen LogP contribution is 2.15. The number of hydrogen-bond donors (Lipinski definition) is 1. The first kappa shape index (κ1) is 12.3. The maximum absolute atomic E-state index is 13.1. The Morgan fingerprint density at radius 3 is 2.38 bits per heavy atom. The van der Waals surface area contributed by atoms with Crippen LogP contribution in [-0.4, -0.2) is 11.1 Å². The quantitative estimate of drug-likeness (QED) is 0.640. The van der Waals surface area contributed by atoms with Crippen molar-refractivity contribution in [3.63, 3.8) is 0 Å². The fourth-order valence-electron chi connectivity index (χ4n) is 1.07. The molecular weight excluding hydrogens is 221 g/mol. The molecule has 0 saturated heterocycles. The van der Waals surface area contributed by atoms with Crippen molar-refractivity contribution in [1.29, 1.82) is 0 Å². The minimum Gasteiger partial charge on any atom is -0.478 e. The van der Waals surface area contributed by atoms with Crippen LogP contribution in [0.1, 0.15) is 12.5 Å². The van der Waals surface area contributed by atoms with E-state index in [-0.39, 0.29) is 17.6 Å². The predicted molar refractivity (Wildman–Crippen MR) is 51.4 cm³/mol. The normalized spacial score (nSPS) is 11.6. The molecule has 0 saturated carbocycles. The van der Waals surface area contributed by atoms with Gasteiger partial charge in [0, 0.05) is 11.6 Å². The van der Waals surface area contributed by atoms with E-state index in [1.165, 1.54) is 13.0 Å². The standard InChI is InChI=1S/C11H9F3O2/c1-6(11(15)16)2-3-7-4-9(13)10(14)5-8(7)12/h2,4-5H,3H2,1H3,(H,15,16). The molecule has 1 N–H and O–H groups in total. The van der Waals surface area contributed by atoms with Crippen LogP contribution in [0.25, 0.3) is 0 Å². The van der Waals surface area contributed by atoms with Gasteiger partial charge in [-0.05, 0) is 25.0 Å². The van der Waals surface area contributed by atoms with Gasteiger partial charge in [-0.25, -0.2) is 18.0 Å². The summed E-state index contributed by atoms with van der Waals surface area (Å²) in [6.45, 7) is 1.33. The Balaban J connectivity index is 2.94. The van der Waals surface area contributed by atoms with Gasteiger partial charge in [0.05, 0.1) is 0 Å².